The summed E-state index contributed by atoms with van der Waals surface area (Å²) in [5.41, 5.74) is 0. The van der Waals surface area contributed by atoms with Gasteiger partial charge in [-0.2, -0.15) is 0 Å². The van der Waals surface area contributed by atoms with Gasteiger partial charge in [-0.15, -0.1) is 0 Å². The first-order chi connectivity index (χ1) is 13.1. The third kappa shape index (κ3) is 5.82. The normalized spacial score (nSPS) is 26.3. The van der Waals surface area contributed by atoms with Crippen LogP contribution in [0, 0.1) is 0 Å². The van der Waals surface area contributed by atoms with Crippen molar-refractivity contribution in [2.24, 2.45) is 0 Å². The van der Waals surface area contributed by atoms with Crippen molar-refractivity contribution in [2.45, 2.75) is 51.0 Å². The molecule has 3 heterocycles. The Balaban J connectivity index is 1.55. The summed E-state index contributed by atoms with van der Waals surface area (Å²) in [6.07, 6.45) is 6.39. The number of fused-ring (bicyclic) bond motifs is 1. The van der Waals surface area contributed by atoms with Crippen LogP contribution in [0.4, 0.5) is 4.79 Å². The number of carbonyl (C=O) groups excluding carboxylic acids is 3. The standard InChI is InChI=1S/C19H32N4O4/c24-17-14-16-6-1-2-8-21(16)9-3-4-10-22(11-5-7-20-17)18(25)15-23-12-13-27-19(23)26/h16H,1-15H2,(H,20,24). The number of cyclic esters (lactones) is 1. The summed E-state index contributed by atoms with van der Waals surface area (Å²) < 4.78 is 4.90. The number of hydrogen-bond acceptors (Lipinski definition) is 5. The minimum atomic E-state index is -0.405. The average Bonchev–Trinajstić information content (AvgIpc) is 3.06. The molecule has 0 aromatic rings. The number of ether oxygens (including phenoxy) is 1. The van der Waals surface area contributed by atoms with Crippen LogP contribution in [0.25, 0.3) is 0 Å². The SMILES string of the molecule is O=C1CC2CCCCN2CCCCN(C(=O)CN2CCOC2=O)CCCN1. The predicted molar refractivity (Wildman–Crippen MR) is 100 cm³/mol. The third-order valence-electron chi connectivity index (χ3n) is 5.74. The van der Waals surface area contributed by atoms with E-state index in [1.54, 1.807) is 0 Å². The lowest BCUT2D eigenvalue weighted by atomic mass is 9.98. The molecule has 27 heavy (non-hydrogen) atoms. The molecule has 8 nitrogen and oxygen atoms in total. The van der Waals surface area contributed by atoms with Crippen LogP contribution in [0.5, 0.6) is 0 Å². The maximum absolute atomic E-state index is 12.7. The van der Waals surface area contributed by atoms with Gasteiger partial charge in [-0.1, -0.05) is 6.42 Å². The highest BCUT2D eigenvalue weighted by molar-refractivity contribution is 5.83. The Bertz CT molecular complexity index is 542. The van der Waals surface area contributed by atoms with Crippen LogP contribution in [0.1, 0.15) is 44.9 Å². The van der Waals surface area contributed by atoms with Crippen LogP contribution >= 0.6 is 0 Å². The van der Waals surface area contributed by atoms with Gasteiger partial charge < -0.3 is 15.0 Å². The van der Waals surface area contributed by atoms with Gasteiger partial charge in [0.15, 0.2) is 0 Å². The molecule has 0 spiro atoms. The molecule has 3 aliphatic heterocycles. The summed E-state index contributed by atoms with van der Waals surface area (Å²) in [6, 6.07) is 0.360. The van der Waals surface area contributed by atoms with E-state index in [9.17, 15) is 14.4 Å². The lowest BCUT2D eigenvalue weighted by Gasteiger charge is -2.35. The molecule has 152 valence electrons. The van der Waals surface area contributed by atoms with Gasteiger partial charge in [-0.25, -0.2) is 4.79 Å². The van der Waals surface area contributed by atoms with Gasteiger partial charge >= 0.3 is 6.09 Å². The zero-order valence-electron chi connectivity index (χ0n) is 16.2. The Morgan fingerprint density at radius 3 is 2.52 bits per heavy atom. The van der Waals surface area contributed by atoms with E-state index < -0.39 is 6.09 Å². The number of nitrogens with one attached hydrogen (secondary N) is 1. The molecular weight excluding hydrogens is 348 g/mol. The van der Waals surface area contributed by atoms with Gasteiger partial charge in [0.1, 0.15) is 13.2 Å². The van der Waals surface area contributed by atoms with Gasteiger partial charge in [0, 0.05) is 32.1 Å². The van der Waals surface area contributed by atoms with Gasteiger partial charge in [0.2, 0.25) is 11.8 Å². The molecule has 3 rings (SSSR count). The Labute approximate surface area is 161 Å². The van der Waals surface area contributed by atoms with Crippen molar-refractivity contribution in [3.63, 3.8) is 0 Å². The van der Waals surface area contributed by atoms with Gasteiger partial charge in [-0.3, -0.25) is 19.4 Å². The zero-order chi connectivity index (χ0) is 19.1. The molecule has 3 fully saturated rings. The van der Waals surface area contributed by atoms with Crippen molar-refractivity contribution in [1.82, 2.24) is 20.0 Å². The number of hydrogen-bond donors (Lipinski definition) is 1. The maximum atomic E-state index is 12.7. The first-order valence-electron chi connectivity index (χ1n) is 10.3. The highest BCUT2D eigenvalue weighted by Crippen LogP contribution is 2.20. The molecule has 0 bridgehead atoms. The average molecular weight is 380 g/mol. The van der Waals surface area contributed by atoms with E-state index in [0.29, 0.717) is 45.2 Å². The van der Waals surface area contributed by atoms with Gasteiger partial charge in [-0.05, 0) is 45.2 Å². The van der Waals surface area contributed by atoms with Crippen LogP contribution in [-0.2, 0) is 14.3 Å². The summed E-state index contributed by atoms with van der Waals surface area (Å²) >= 11 is 0. The number of rotatable bonds is 2. The second-order valence-electron chi connectivity index (χ2n) is 7.72. The topological polar surface area (TPSA) is 82.2 Å². The number of nitrogens with zero attached hydrogens (tertiary/aromatic N) is 3. The molecule has 0 radical (unpaired) electrons. The van der Waals surface area contributed by atoms with E-state index in [4.69, 9.17) is 4.74 Å². The van der Waals surface area contributed by atoms with Crippen molar-refractivity contribution < 1.29 is 19.1 Å². The van der Waals surface area contributed by atoms with Crippen LogP contribution in [0.15, 0.2) is 0 Å². The lowest BCUT2D eigenvalue weighted by molar-refractivity contribution is -0.131. The summed E-state index contributed by atoms with van der Waals surface area (Å²) in [5, 5.41) is 3.01. The molecule has 0 aromatic heterocycles. The highest BCUT2D eigenvalue weighted by Gasteiger charge is 2.27. The first-order valence-corrected chi connectivity index (χ1v) is 10.3. The molecule has 0 aliphatic carbocycles. The van der Waals surface area contributed by atoms with E-state index in [2.05, 4.69) is 10.2 Å². The monoisotopic (exact) mass is 380 g/mol. The number of carbonyl (C=O) groups is 3. The second-order valence-corrected chi connectivity index (χ2v) is 7.72. The molecule has 3 saturated heterocycles. The predicted octanol–water partition coefficient (Wildman–Crippen LogP) is 0.812. The van der Waals surface area contributed by atoms with Crippen molar-refractivity contribution in [3.8, 4) is 0 Å². The molecule has 1 atom stereocenters. The minimum absolute atomic E-state index is 0.0362. The Morgan fingerprint density at radius 1 is 1.00 bits per heavy atom. The lowest BCUT2D eigenvalue weighted by Crippen LogP contribution is -2.43. The van der Waals surface area contributed by atoms with E-state index in [1.165, 1.54) is 17.7 Å². The fraction of sp³-hybridized carbons (Fsp3) is 0.842. The molecule has 1 unspecified atom stereocenters. The fourth-order valence-corrected chi connectivity index (χ4v) is 4.18. The van der Waals surface area contributed by atoms with Crippen LogP contribution in [0.2, 0.25) is 0 Å². The number of piperidine rings is 1. The molecule has 3 amide bonds. The Kier molecular flexibility index (Phi) is 7.32. The summed E-state index contributed by atoms with van der Waals surface area (Å²) in [4.78, 5) is 42.2. The summed E-state index contributed by atoms with van der Waals surface area (Å²) in [6.45, 7) is 4.86. The van der Waals surface area contributed by atoms with Crippen LogP contribution in [-0.4, -0.2) is 91.1 Å². The molecule has 3 aliphatic rings. The second kappa shape index (κ2) is 9.92. The van der Waals surface area contributed by atoms with Gasteiger partial charge in [0.05, 0.1) is 6.54 Å². The Morgan fingerprint density at radius 2 is 1.74 bits per heavy atom. The quantitative estimate of drug-likeness (QED) is 0.767. The Hall–Kier alpha value is -1.83. The summed E-state index contributed by atoms with van der Waals surface area (Å²) in [7, 11) is 0. The number of amides is 3. The smallest absolute Gasteiger partial charge is 0.410 e. The highest BCUT2D eigenvalue weighted by atomic mass is 16.6. The van der Waals surface area contributed by atoms with E-state index in [1.807, 2.05) is 4.90 Å². The van der Waals surface area contributed by atoms with Crippen molar-refractivity contribution in [1.29, 1.82) is 0 Å². The van der Waals surface area contributed by atoms with E-state index >= 15 is 0 Å². The molecule has 1 N–H and O–H groups in total. The van der Waals surface area contributed by atoms with Crippen LogP contribution < -0.4 is 5.32 Å². The van der Waals surface area contributed by atoms with Crippen LogP contribution in [0.3, 0.4) is 0 Å². The van der Waals surface area contributed by atoms with Crippen molar-refractivity contribution in [3.05, 3.63) is 0 Å². The largest absolute Gasteiger partial charge is 0.448 e. The third-order valence-corrected chi connectivity index (χ3v) is 5.74. The van der Waals surface area contributed by atoms with Crippen molar-refractivity contribution in [2.75, 3.05) is 52.4 Å². The van der Waals surface area contributed by atoms with Gasteiger partial charge in [0.25, 0.3) is 0 Å². The minimum Gasteiger partial charge on any atom is -0.448 e. The zero-order valence-corrected chi connectivity index (χ0v) is 16.2. The van der Waals surface area contributed by atoms with E-state index in [-0.39, 0.29) is 18.4 Å². The van der Waals surface area contributed by atoms with Crippen molar-refractivity contribution >= 4 is 17.9 Å². The first kappa shape index (κ1) is 19.9. The molecule has 0 aromatic carbocycles. The summed E-state index contributed by atoms with van der Waals surface area (Å²) in [5.74, 6) is 0.0785. The van der Waals surface area contributed by atoms with E-state index in [0.717, 1.165) is 38.8 Å². The molecular formula is C19H32N4O4. The maximum Gasteiger partial charge on any atom is 0.410 e. The molecule has 0 saturated carbocycles. The molecule has 8 heteroatoms. The fourth-order valence-electron chi connectivity index (χ4n) is 4.18.